The van der Waals surface area contributed by atoms with Gasteiger partial charge in [0.2, 0.25) is 6.54 Å². The number of hydrogen-bond donors (Lipinski definition) is 1. The maximum atomic E-state index is 11.5. The summed E-state index contributed by atoms with van der Waals surface area (Å²) in [7, 11) is 0. The standard InChI is InChI=1S/C17H21NO7/c1-2-23-15(19)9-8-13-17(16(20)14(25-13)10-18(21)22)24-11-12-6-4-3-5-7-12/h3-9,13-14,16-17,20H,2,10-11H2,1H3/b9-8-/t13-,14-,16+,17+/m1/s1. The van der Waals surface area contributed by atoms with Crippen LogP contribution >= 0.6 is 0 Å². The van der Waals surface area contributed by atoms with Gasteiger partial charge in [0.05, 0.1) is 13.2 Å². The third kappa shape index (κ3) is 5.63. The average molecular weight is 351 g/mol. The Bertz CT molecular complexity index is 604. The lowest BCUT2D eigenvalue weighted by Gasteiger charge is -2.19. The molecule has 4 atom stereocenters. The number of ether oxygens (including phenoxy) is 3. The zero-order valence-electron chi connectivity index (χ0n) is 13.8. The summed E-state index contributed by atoms with van der Waals surface area (Å²) in [6, 6.07) is 9.30. The second-order valence-electron chi connectivity index (χ2n) is 5.52. The second-order valence-corrected chi connectivity index (χ2v) is 5.52. The molecule has 0 saturated carbocycles. The minimum absolute atomic E-state index is 0.209. The van der Waals surface area contributed by atoms with Gasteiger partial charge in [0, 0.05) is 11.0 Å². The summed E-state index contributed by atoms with van der Waals surface area (Å²) in [6.45, 7) is 1.58. The molecule has 1 heterocycles. The number of benzene rings is 1. The molecular formula is C17H21NO7. The minimum Gasteiger partial charge on any atom is -0.463 e. The van der Waals surface area contributed by atoms with E-state index in [0.717, 1.165) is 5.56 Å². The van der Waals surface area contributed by atoms with Crippen LogP contribution in [0.4, 0.5) is 0 Å². The fraction of sp³-hybridized carbons (Fsp3) is 0.471. The first kappa shape index (κ1) is 19.0. The summed E-state index contributed by atoms with van der Waals surface area (Å²) in [5.74, 6) is -0.555. The Labute approximate surface area is 145 Å². The highest BCUT2D eigenvalue weighted by Crippen LogP contribution is 2.26. The van der Waals surface area contributed by atoms with Crippen molar-refractivity contribution in [2.24, 2.45) is 0 Å². The molecule has 1 saturated heterocycles. The minimum atomic E-state index is -1.18. The highest BCUT2D eigenvalue weighted by atomic mass is 16.6. The van der Waals surface area contributed by atoms with E-state index in [-0.39, 0.29) is 13.2 Å². The Morgan fingerprint density at radius 2 is 2.12 bits per heavy atom. The second kappa shape index (κ2) is 9.26. The van der Waals surface area contributed by atoms with Crippen molar-refractivity contribution in [2.75, 3.05) is 13.2 Å². The van der Waals surface area contributed by atoms with Gasteiger partial charge >= 0.3 is 5.97 Å². The molecule has 0 radical (unpaired) electrons. The molecule has 1 aromatic rings. The van der Waals surface area contributed by atoms with Crippen molar-refractivity contribution >= 4 is 5.97 Å². The maximum Gasteiger partial charge on any atom is 0.330 e. The Hall–Kier alpha value is -2.29. The van der Waals surface area contributed by atoms with E-state index < -0.39 is 41.9 Å². The summed E-state index contributed by atoms with van der Waals surface area (Å²) < 4.78 is 16.0. The first-order chi connectivity index (χ1) is 12.0. The van der Waals surface area contributed by atoms with Crippen LogP contribution < -0.4 is 0 Å². The van der Waals surface area contributed by atoms with E-state index >= 15 is 0 Å². The molecule has 1 aromatic carbocycles. The molecule has 136 valence electrons. The number of carbonyl (C=O) groups excluding carboxylic acids is 1. The first-order valence-electron chi connectivity index (χ1n) is 7.97. The summed E-state index contributed by atoms with van der Waals surface area (Å²) >= 11 is 0. The predicted octanol–water partition coefficient (Wildman–Crippen LogP) is 1.10. The van der Waals surface area contributed by atoms with Gasteiger partial charge in [-0.15, -0.1) is 0 Å². The molecular weight excluding hydrogens is 330 g/mol. The van der Waals surface area contributed by atoms with Gasteiger partial charge in [-0.2, -0.15) is 0 Å². The molecule has 1 aliphatic heterocycles. The molecule has 0 spiro atoms. The molecule has 0 unspecified atom stereocenters. The largest absolute Gasteiger partial charge is 0.463 e. The molecule has 0 aromatic heterocycles. The Morgan fingerprint density at radius 3 is 2.76 bits per heavy atom. The SMILES string of the molecule is CCOC(=O)/C=C\[C@H]1O[C@H](C[N+](=O)[O-])[C@H](O)[C@H]1OCc1ccccc1. The van der Waals surface area contributed by atoms with Crippen molar-refractivity contribution in [3.8, 4) is 0 Å². The van der Waals surface area contributed by atoms with Crippen LogP contribution in [0, 0.1) is 10.1 Å². The van der Waals surface area contributed by atoms with Crippen molar-refractivity contribution in [3.05, 3.63) is 58.2 Å². The monoisotopic (exact) mass is 351 g/mol. The van der Waals surface area contributed by atoms with Gasteiger partial charge in [0.1, 0.15) is 18.3 Å². The summed E-state index contributed by atoms with van der Waals surface area (Å²) in [5.41, 5.74) is 0.889. The molecule has 2 rings (SSSR count). The highest BCUT2D eigenvalue weighted by molar-refractivity contribution is 5.81. The van der Waals surface area contributed by atoms with E-state index in [0.29, 0.717) is 0 Å². The van der Waals surface area contributed by atoms with Crippen LogP contribution in [0.15, 0.2) is 42.5 Å². The van der Waals surface area contributed by atoms with E-state index in [1.54, 1.807) is 6.92 Å². The van der Waals surface area contributed by atoms with Crippen molar-refractivity contribution in [2.45, 2.75) is 37.9 Å². The fourth-order valence-electron chi connectivity index (χ4n) is 2.54. The summed E-state index contributed by atoms with van der Waals surface area (Å²) in [6.07, 6.45) is -1.21. The lowest BCUT2D eigenvalue weighted by atomic mass is 10.1. The Balaban J connectivity index is 2.06. The van der Waals surface area contributed by atoms with Crippen LogP contribution in [0.1, 0.15) is 12.5 Å². The molecule has 0 amide bonds. The van der Waals surface area contributed by atoms with Crippen LogP contribution in [-0.4, -0.2) is 53.6 Å². The lowest BCUT2D eigenvalue weighted by Crippen LogP contribution is -2.37. The van der Waals surface area contributed by atoms with Crippen molar-refractivity contribution in [1.29, 1.82) is 0 Å². The number of aliphatic hydroxyl groups excluding tert-OH is 1. The zero-order valence-corrected chi connectivity index (χ0v) is 13.8. The van der Waals surface area contributed by atoms with Crippen molar-refractivity contribution in [3.63, 3.8) is 0 Å². The zero-order chi connectivity index (χ0) is 18.2. The number of rotatable bonds is 8. The van der Waals surface area contributed by atoms with Crippen LogP contribution in [-0.2, 0) is 25.6 Å². The van der Waals surface area contributed by atoms with E-state index in [4.69, 9.17) is 14.2 Å². The topological polar surface area (TPSA) is 108 Å². The van der Waals surface area contributed by atoms with E-state index in [9.17, 15) is 20.0 Å². The number of nitrogens with zero attached hydrogens (tertiary/aromatic N) is 1. The molecule has 25 heavy (non-hydrogen) atoms. The number of aliphatic hydroxyl groups is 1. The van der Waals surface area contributed by atoms with Crippen LogP contribution in [0.2, 0.25) is 0 Å². The smallest absolute Gasteiger partial charge is 0.330 e. The third-order valence-corrected chi connectivity index (χ3v) is 3.70. The van der Waals surface area contributed by atoms with Crippen molar-refractivity contribution in [1.82, 2.24) is 0 Å². The quantitative estimate of drug-likeness (QED) is 0.323. The molecule has 1 fully saturated rings. The Kier molecular flexibility index (Phi) is 7.05. The molecule has 1 aliphatic rings. The molecule has 0 aliphatic carbocycles. The normalized spacial score (nSPS) is 26.0. The van der Waals surface area contributed by atoms with E-state index in [1.807, 2.05) is 30.3 Å². The van der Waals surface area contributed by atoms with Gasteiger partial charge in [-0.1, -0.05) is 30.3 Å². The number of esters is 1. The predicted molar refractivity (Wildman–Crippen MR) is 87.3 cm³/mol. The molecule has 0 bridgehead atoms. The van der Waals surface area contributed by atoms with Gasteiger partial charge in [0.25, 0.3) is 0 Å². The summed E-state index contributed by atoms with van der Waals surface area (Å²) in [5, 5.41) is 21.0. The van der Waals surface area contributed by atoms with Crippen molar-refractivity contribution < 1.29 is 29.0 Å². The van der Waals surface area contributed by atoms with E-state index in [1.165, 1.54) is 12.2 Å². The van der Waals surface area contributed by atoms with Gasteiger partial charge in [-0.05, 0) is 18.6 Å². The van der Waals surface area contributed by atoms with Crippen LogP contribution in [0.25, 0.3) is 0 Å². The van der Waals surface area contributed by atoms with Crippen LogP contribution in [0.5, 0.6) is 0 Å². The first-order valence-corrected chi connectivity index (χ1v) is 7.97. The van der Waals surface area contributed by atoms with Gasteiger partial charge in [-0.3, -0.25) is 10.1 Å². The average Bonchev–Trinajstić information content (AvgIpc) is 2.87. The van der Waals surface area contributed by atoms with Gasteiger partial charge in [0.15, 0.2) is 6.10 Å². The highest BCUT2D eigenvalue weighted by Gasteiger charge is 2.45. The van der Waals surface area contributed by atoms with Gasteiger partial charge in [-0.25, -0.2) is 4.79 Å². The lowest BCUT2D eigenvalue weighted by molar-refractivity contribution is -0.492. The van der Waals surface area contributed by atoms with Gasteiger partial charge < -0.3 is 19.3 Å². The number of carbonyl (C=O) groups is 1. The molecule has 1 N–H and O–H groups in total. The molecule has 8 heteroatoms. The van der Waals surface area contributed by atoms with Crippen LogP contribution in [0.3, 0.4) is 0 Å². The number of nitro groups is 1. The number of hydrogen-bond acceptors (Lipinski definition) is 7. The Morgan fingerprint density at radius 1 is 1.40 bits per heavy atom. The molecule has 8 nitrogen and oxygen atoms in total. The maximum absolute atomic E-state index is 11.5. The fourth-order valence-corrected chi connectivity index (χ4v) is 2.54. The summed E-state index contributed by atoms with van der Waals surface area (Å²) in [4.78, 5) is 21.6. The third-order valence-electron chi connectivity index (χ3n) is 3.70. The van der Waals surface area contributed by atoms with E-state index in [2.05, 4.69) is 0 Å².